The lowest BCUT2D eigenvalue weighted by Gasteiger charge is -2.23. The van der Waals surface area contributed by atoms with E-state index in [-0.39, 0.29) is 0 Å². The van der Waals surface area contributed by atoms with Gasteiger partial charge in [-0.2, -0.15) is 0 Å². The highest BCUT2D eigenvalue weighted by atomic mass is 31.1. The average molecular weight is 307 g/mol. The molecule has 2 aromatic rings. The third kappa shape index (κ3) is 4.19. The molecule has 0 amide bonds. The van der Waals surface area contributed by atoms with Gasteiger partial charge in [-0.25, -0.2) is 0 Å². The summed E-state index contributed by atoms with van der Waals surface area (Å²) >= 11 is 0. The van der Waals surface area contributed by atoms with Gasteiger partial charge >= 0.3 is 0 Å². The molecule has 0 spiro atoms. The van der Waals surface area contributed by atoms with Crippen LogP contribution in [0.1, 0.15) is 13.8 Å². The second-order valence-electron chi connectivity index (χ2n) is 5.09. The Bertz CT molecular complexity index is 613. The highest BCUT2D eigenvalue weighted by molar-refractivity contribution is 7.76. The van der Waals surface area contributed by atoms with E-state index in [9.17, 15) is 0 Å². The first-order valence-corrected chi connectivity index (χ1v) is 8.70. The van der Waals surface area contributed by atoms with Crippen molar-refractivity contribution in [2.45, 2.75) is 13.8 Å². The van der Waals surface area contributed by atoms with Crippen molar-refractivity contribution in [1.29, 1.82) is 0 Å². The van der Waals surface area contributed by atoms with E-state index in [0.29, 0.717) is 0 Å². The molecule has 1 nitrogen and oxygen atoms in total. The van der Waals surface area contributed by atoms with Crippen LogP contribution in [0, 0.1) is 0 Å². The van der Waals surface area contributed by atoms with E-state index >= 15 is 0 Å². The van der Waals surface area contributed by atoms with Crippen LogP contribution in [0.2, 0.25) is 0 Å². The van der Waals surface area contributed by atoms with Crippen LogP contribution in [0.4, 0.5) is 0 Å². The van der Waals surface area contributed by atoms with Gasteiger partial charge in [0.25, 0.3) is 0 Å². The summed E-state index contributed by atoms with van der Waals surface area (Å²) in [5.74, 6) is 0. The highest BCUT2D eigenvalue weighted by Gasteiger charge is 2.18. The largest absolute Gasteiger partial charge is 0.361 e. The van der Waals surface area contributed by atoms with E-state index < -0.39 is 7.92 Å². The lowest BCUT2D eigenvalue weighted by molar-refractivity contribution is 1.11. The normalized spacial score (nSPS) is 10.7. The number of nitrogens with one attached hydrogen (secondary N) is 1. The van der Waals surface area contributed by atoms with Gasteiger partial charge < -0.3 is 5.32 Å². The first kappa shape index (κ1) is 16.3. The lowest BCUT2D eigenvalue weighted by Crippen LogP contribution is -2.19. The summed E-state index contributed by atoms with van der Waals surface area (Å²) in [6.07, 6.45) is 5.66. The van der Waals surface area contributed by atoms with Crippen molar-refractivity contribution in [3.05, 3.63) is 96.6 Å². The van der Waals surface area contributed by atoms with Crippen LogP contribution in [0.5, 0.6) is 0 Å². The van der Waals surface area contributed by atoms with E-state index in [0.717, 1.165) is 0 Å². The van der Waals surface area contributed by atoms with Gasteiger partial charge in [-0.15, -0.1) is 0 Å². The fourth-order valence-electron chi connectivity index (χ4n) is 2.19. The molecule has 0 saturated heterocycles. The van der Waals surface area contributed by atoms with Crippen LogP contribution in [0.3, 0.4) is 0 Å². The monoisotopic (exact) mass is 307 g/mol. The fourth-order valence-corrected chi connectivity index (χ4v) is 4.59. The van der Waals surface area contributed by atoms with Crippen LogP contribution in [0.15, 0.2) is 96.6 Å². The molecule has 0 aliphatic heterocycles. The number of benzene rings is 2. The summed E-state index contributed by atoms with van der Waals surface area (Å²) in [6, 6.07) is 21.4. The summed E-state index contributed by atoms with van der Waals surface area (Å²) < 4.78 is 0. The second-order valence-corrected chi connectivity index (χ2v) is 7.25. The molecule has 0 saturated carbocycles. The van der Waals surface area contributed by atoms with Gasteiger partial charge in [-0.3, -0.25) is 0 Å². The van der Waals surface area contributed by atoms with E-state index in [1.807, 2.05) is 12.3 Å². The lowest BCUT2D eigenvalue weighted by atomic mass is 10.4. The van der Waals surface area contributed by atoms with Crippen molar-refractivity contribution < 1.29 is 0 Å². The minimum Gasteiger partial charge on any atom is -0.361 e. The maximum Gasteiger partial charge on any atom is 0.0461 e. The van der Waals surface area contributed by atoms with E-state index in [1.54, 1.807) is 6.08 Å². The minimum absolute atomic E-state index is 0.587. The van der Waals surface area contributed by atoms with Gasteiger partial charge in [-0.05, 0) is 30.5 Å². The van der Waals surface area contributed by atoms with Crippen LogP contribution in [-0.2, 0) is 0 Å². The van der Waals surface area contributed by atoms with Crippen LogP contribution in [-0.4, -0.2) is 0 Å². The highest BCUT2D eigenvalue weighted by Crippen LogP contribution is 2.42. The van der Waals surface area contributed by atoms with Gasteiger partial charge in [0.15, 0.2) is 0 Å². The third-order valence-electron chi connectivity index (χ3n) is 3.18. The van der Waals surface area contributed by atoms with Crippen molar-refractivity contribution in [2.24, 2.45) is 0 Å². The summed E-state index contributed by atoms with van der Waals surface area (Å²) in [5.41, 5.74) is 2.57. The molecule has 2 rings (SSSR count). The van der Waals surface area contributed by atoms with Crippen LogP contribution in [0.25, 0.3) is 0 Å². The Hall–Kier alpha value is -2.11. The van der Waals surface area contributed by atoms with Crippen molar-refractivity contribution >= 4 is 18.5 Å². The third-order valence-corrected chi connectivity index (χ3v) is 5.83. The Morgan fingerprint density at radius 2 is 1.41 bits per heavy atom. The topological polar surface area (TPSA) is 12.0 Å². The zero-order valence-corrected chi connectivity index (χ0v) is 14.1. The molecule has 0 heterocycles. The molecule has 22 heavy (non-hydrogen) atoms. The molecule has 0 aliphatic rings. The summed E-state index contributed by atoms with van der Waals surface area (Å²) in [6.45, 7) is 8.04. The van der Waals surface area contributed by atoms with Crippen molar-refractivity contribution in [1.82, 2.24) is 5.32 Å². The summed E-state index contributed by atoms with van der Waals surface area (Å²) in [5, 5.41) is 6.17. The molecule has 1 N–H and O–H groups in total. The number of allylic oxidation sites excluding steroid dienone is 3. The van der Waals surface area contributed by atoms with Crippen molar-refractivity contribution in [2.75, 3.05) is 0 Å². The quantitative estimate of drug-likeness (QED) is 0.604. The average Bonchev–Trinajstić information content (AvgIpc) is 2.56. The maximum absolute atomic E-state index is 3.73. The first-order chi connectivity index (χ1) is 10.7. The standard InChI is InChI=1S/C20H22NP/c1-4-5-16-21-20(17(2)3)22(18-12-8-6-9-13-18)19-14-10-7-11-15-19/h4-16,21H,1H2,2-3H3/b16-5-. The molecule has 112 valence electrons. The Morgan fingerprint density at radius 3 is 1.82 bits per heavy atom. The SMILES string of the molecule is C=C/C=C\NC(=C(C)C)P(c1ccccc1)c1ccccc1. The van der Waals surface area contributed by atoms with Gasteiger partial charge in [0, 0.05) is 19.6 Å². The predicted octanol–water partition coefficient (Wildman–Crippen LogP) is 4.66. The van der Waals surface area contributed by atoms with E-state index in [2.05, 4.69) is 86.4 Å². The molecular formula is C20H22NP. The van der Waals surface area contributed by atoms with Crippen molar-refractivity contribution in [3.63, 3.8) is 0 Å². The van der Waals surface area contributed by atoms with E-state index in [1.165, 1.54) is 21.6 Å². The smallest absolute Gasteiger partial charge is 0.0461 e. The van der Waals surface area contributed by atoms with Crippen LogP contribution < -0.4 is 15.9 Å². The second kappa shape index (κ2) is 8.36. The molecule has 0 aliphatic carbocycles. The van der Waals surface area contributed by atoms with Gasteiger partial charge in [0.05, 0.1) is 0 Å². The zero-order valence-electron chi connectivity index (χ0n) is 13.2. The van der Waals surface area contributed by atoms with Gasteiger partial charge in [-0.1, -0.05) is 78.9 Å². The zero-order chi connectivity index (χ0) is 15.8. The molecule has 0 fully saturated rings. The first-order valence-electron chi connectivity index (χ1n) is 7.36. The fraction of sp³-hybridized carbons (Fsp3) is 0.100. The summed E-state index contributed by atoms with van der Waals surface area (Å²) in [4.78, 5) is 0. The van der Waals surface area contributed by atoms with Gasteiger partial charge in [0.2, 0.25) is 0 Å². The maximum atomic E-state index is 3.73. The van der Waals surface area contributed by atoms with Gasteiger partial charge in [0.1, 0.15) is 0 Å². The molecule has 0 bridgehead atoms. The summed E-state index contributed by atoms with van der Waals surface area (Å²) in [7, 11) is -0.587. The Kier molecular flexibility index (Phi) is 6.18. The molecule has 2 heteroatoms. The van der Waals surface area contributed by atoms with Crippen molar-refractivity contribution in [3.8, 4) is 0 Å². The molecule has 0 atom stereocenters. The molecule has 0 radical (unpaired) electrons. The molecule has 0 unspecified atom stereocenters. The molecule has 0 aromatic heterocycles. The Labute approximate surface area is 134 Å². The molecular weight excluding hydrogens is 285 g/mol. The molecule has 2 aromatic carbocycles. The predicted molar refractivity (Wildman–Crippen MR) is 99.9 cm³/mol. The number of hydrogen-bond acceptors (Lipinski definition) is 1. The minimum atomic E-state index is -0.587. The Balaban J connectivity index is 2.50. The Morgan fingerprint density at radius 1 is 0.909 bits per heavy atom. The van der Waals surface area contributed by atoms with E-state index in [4.69, 9.17) is 0 Å². The van der Waals surface area contributed by atoms with Crippen LogP contribution >= 0.6 is 7.92 Å². The number of rotatable bonds is 6. The number of hydrogen-bond donors (Lipinski definition) is 1.